The highest BCUT2D eigenvalue weighted by Gasteiger charge is 2.21. The first kappa shape index (κ1) is 12.9. The molecule has 0 aliphatic carbocycles. The van der Waals surface area contributed by atoms with Crippen LogP contribution in [0.15, 0.2) is 11.1 Å². The average Bonchev–Trinajstić information content (AvgIpc) is 2.17. The summed E-state index contributed by atoms with van der Waals surface area (Å²) in [5.41, 5.74) is -0.339. The fourth-order valence-corrected chi connectivity index (χ4v) is 1.25. The Kier molecular flexibility index (Phi) is 3.51. The fraction of sp³-hybridized carbons (Fsp3) is 0.667. The van der Waals surface area contributed by atoms with Crippen molar-refractivity contribution in [2.45, 2.75) is 41.2 Å². The molecular formula is C12H19FN2O. The van der Waals surface area contributed by atoms with Crippen LogP contribution in [0.3, 0.4) is 0 Å². The molecule has 1 aromatic rings. The molecule has 1 rings (SSSR count). The molecule has 0 saturated carbocycles. The largest absolute Gasteiger partial charge is 0.296 e. The van der Waals surface area contributed by atoms with Gasteiger partial charge >= 0.3 is 0 Å². The van der Waals surface area contributed by atoms with Crippen LogP contribution in [0.1, 0.15) is 33.4 Å². The first-order chi connectivity index (χ1) is 7.23. The molecule has 0 radical (unpaired) electrons. The summed E-state index contributed by atoms with van der Waals surface area (Å²) in [6.07, 6.45) is 1.42. The SMILES string of the molecule is Cc1ncn(CC(C)C(C)(C)C)c(=O)c1F. The summed E-state index contributed by atoms with van der Waals surface area (Å²) >= 11 is 0. The standard InChI is InChI=1S/C12H19FN2O/c1-8(12(3,4)5)6-15-7-14-9(2)10(13)11(15)16/h7-8H,6H2,1-5H3. The van der Waals surface area contributed by atoms with Gasteiger partial charge in [-0.25, -0.2) is 4.98 Å². The van der Waals surface area contributed by atoms with Crippen LogP contribution >= 0.6 is 0 Å². The lowest BCUT2D eigenvalue weighted by Gasteiger charge is -2.27. The van der Waals surface area contributed by atoms with Gasteiger partial charge in [-0.3, -0.25) is 9.36 Å². The van der Waals surface area contributed by atoms with Gasteiger partial charge in [0.15, 0.2) is 0 Å². The molecule has 3 nitrogen and oxygen atoms in total. The molecule has 0 aliphatic heterocycles. The van der Waals surface area contributed by atoms with E-state index in [0.29, 0.717) is 6.54 Å². The van der Waals surface area contributed by atoms with Crippen molar-refractivity contribution in [3.8, 4) is 0 Å². The highest BCUT2D eigenvalue weighted by molar-refractivity contribution is 5.00. The predicted octanol–water partition coefficient (Wildman–Crippen LogP) is 2.37. The number of rotatable bonds is 2. The first-order valence-electron chi connectivity index (χ1n) is 5.45. The van der Waals surface area contributed by atoms with E-state index < -0.39 is 11.4 Å². The van der Waals surface area contributed by atoms with Crippen molar-refractivity contribution in [2.75, 3.05) is 0 Å². The van der Waals surface area contributed by atoms with Crippen LogP contribution in [-0.4, -0.2) is 9.55 Å². The molecule has 1 heterocycles. The average molecular weight is 226 g/mol. The molecule has 0 fully saturated rings. The zero-order chi connectivity index (χ0) is 12.5. The Morgan fingerprint density at radius 1 is 1.50 bits per heavy atom. The minimum absolute atomic E-state index is 0.0841. The fourth-order valence-electron chi connectivity index (χ4n) is 1.25. The zero-order valence-electron chi connectivity index (χ0n) is 10.5. The van der Waals surface area contributed by atoms with Gasteiger partial charge in [0.2, 0.25) is 5.82 Å². The van der Waals surface area contributed by atoms with Gasteiger partial charge in [-0.15, -0.1) is 0 Å². The van der Waals surface area contributed by atoms with Gasteiger partial charge in [0.1, 0.15) is 0 Å². The monoisotopic (exact) mass is 226 g/mol. The van der Waals surface area contributed by atoms with Crippen LogP contribution in [0, 0.1) is 24.1 Å². The molecule has 0 N–H and O–H groups in total. The van der Waals surface area contributed by atoms with E-state index in [4.69, 9.17) is 0 Å². The molecule has 16 heavy (non-hydrogen) atoms. The third kappa shape index (κ3) is 2.68. The van der Waals surface area contributed by atoms with Crippen molar-refractivity contribution >= 4 is 0 Å². The maximum absolute atomic E-state index is 13.3. The highest BCUT2D eigenvalue weighted by atomic mass is 19.1. The number of halogens is 1. The molecule has 1 unspecified atom stereocenters. The van der Waals surface area contributed by atoms with Gasteiger partial charge in [0.05, 0.1) is 12.0 Å². The minimum Gasteiger partial charge on any atom is -0.296 e. The van der Waals surface area contributed by atoms with Gasteiger partial charge < -0.3 is 0 Å². The smallest absolute Gasteiger partial charge is 0.289 e. The number of hydrogen-bond acceptors (Lipinski definition) is 2. The Labute approximate surface area is 95.3 Å². The van der Waals surface area contributed by atoms with E-state index in [9.17, 15) is 9.18 Å². The maximum Gasteiger partial charge on any atom is 0.289 e. The van der Waals surface area contributed by atoms with Crippen molar-refractivity contribution in [1.82, 2.24) is 9.55 Å². The van der Waals surface area contributed by atoms with Crippen molar-refractivity contribution in [3.05, 3.63) is 28.2 Å². The summed E-state index contributed by atoms with van der Waals surface area (Å²) in [5, 5.41) is 0. The van der Waals surface area contributed by atoms with Gasteiger partial charge in [0, 0.05) is 6.54 Å². The summed E-state index contributed by atoms with van der Waals surface area (Å²) in [6.45, 7) is 10.3. The molecule has 0 aromatic carbocycles. The number of nitrogens with zero attached hydrogens (tertiary/aromatic N) is 2. The molecule has 1 atom stereocenters. The second-order valence-corrected chi connectivity index (χ2v) is 5.37. The van der Waals surface area contributed by atoms with Crippen LogP contribution in [0.4, 0.5) is 4.39 Å². The van der Waals surface area contributed by atoms with Crippen molar-refractivity contribution in [2.24, 2.45) is 11.3 Å². The van der Waals surface area contributed by atoms with E-state index in [1.165, 1.54) is 17.8 Å². The molecule has 0 saturated heterocycles. The lowest BCUT2D eigenvalue weighted by molar-refractivity contribution is 0.228. The van der Waals surface area contributed by atoms with Crippen LogP contribution in [0.5, 0.6) is 0 Å². The lowest BCUT2D eigenvalue weighted by Crippen LogP contribution is -2.31. The molecule has 0 spiro atoms. The lowest BCUT2D eigenvalue weighted by atomic mass is 9.82. The van der Waals surface area contributed by atoms with Gasteiger partial charge in [-0.1, -0.05) is 27.7 Å². The van der Waals surface area contributed by atoms with Crippen molar-refractivity contribution in [1.29, 1.82) is 0 Å². The van der Waals surface area contributed by atoms with Crippen LogP contribution < -0.4 is 5.56 Å². The predicted molar refractivity (Wildman–Crippen MR) is 61.8 cm³/mol. The Morgan fingerprint density at radius 3 is 2.56 bits per heavy atom. The second-order valence-electron chi connectivity index (χ2n) is 5.37. The van der Waals surface area contributed by atoms with E-state index in [-0.39, 0.29) is 17.0 Å². The summed E-state index contributed by atoms with van der Waals surface area (Å²) in [6, 6.07) is 0. The molecule has 0 bridgehead atoms. The molecule has 0 aliphatic rings. The van der Waals surface area contributed by atoms with Gasteiger partial charge in [0.25, 0.3) is 5.56 Å². The molecule has 90 valence electrons. The molecule has 4 heteroatoms. The van der Waals surface area contributed by atoms with Crippen LogP contribution in [0.2, 0.25) is 0 Å². The minimum atomic E-state index is -0.747. The Balaban J connectivity index is 3.00. The topological polar surface area (TPSA) is 34.9 Å². The van der Waals surface area contributed by atoms with E-state index in [1.54, 1.807) is 0 Å². The second kappa shape index (κ2) is 4.36. The first-order valence-corrected chi connectivity index (χ1v) is 5.45. The summed E-state index contributed by atoms with van der Waals surface area (Å²) < 4.78 is 14.7. The van der Waals surface area contributed by atoms with Crippen LogP contribution in [0.25, 0.3) is 0 Å². The molecule has 1 aromatic heterocycles. The normalized spacial score (nSPS) is 13.9. The van der Waals surface area contributed by atoms with Crippen LogP contribution in [-0.2, 0) is 6.54 Å². The number of hydrogen-bond donors (Lipinski definition) is 0. The van der Waals surface area contributed by atoms with E-state index in [0.717, 1.165) is 0 Å². The molecular weight excluding hydrogens is 207 g/mol. The summed E-state index contributed by atoms with van der Waals surface area (Å²) in [5.74, 6) is -0.474. The Hall–Kier alpha value is -1.19. The van der Waals surface area contributed by atoms with E-state index in [1.807, 2.05) is 6.92 Å². The van der Waals surface area contributed by atoms with Gasteiger partial charge in [-0.05, 0) is 18.3 Å². The van der Waals surface area contributed by atoms with Crippen molar-refractivity contribution < 1.29 is 4.39 Å². The molecule has 0 amide bonds. The quantitative estimate of drug-likeness (QED) is 0.776. The zero-order valence-corrected chi connectivity index (χ0v) is 10.5. The van der Waals surface area contributed by atoms with E-state index in [2.05, 4.69) is 25.8 Å². The maximum atomic E-state index is 13.3. The highest BCUT2D eigenvalue weighted by Crippen LogP contribution is 2.26. The van der Waals surface area contributed by atoms with Gasteiger partial charge in [-0.2, -0.15) is 4.39 Å². The number of aromatic nitrogens is 2. The summed E-state index contributed by atoms with van der Waals surface area (Å²) in [4.78, 5) is 15.5. The third-order valence-corrected chi connectivity index (χ3v) is 3.11. The Morgan fingerprint density at radius 2 is 2.06 bits per heavy atom. The Bertz CT molecular complexity index is 432. The van der Waals surface area contributed by atoms with Crippen molar-refractivity contribution in [3.63, 3.8) is 0 Å². The number of aryl methyl sites for hydroxylation is 1. The summed E-state index contributed by atoms with van der Waals surface area (Å²) in [7, 11) is 0. The van der Waals surface area contributed by atoms with E-state index >= 15 is 0 Å². The third-order valence-electron chi connectivity index (χ3n) is 3.11.